The monoisotopic (exact) mass is 339 g/mol. The lowest BCUT2D eigenvalue weighted by atomic mass is 9.79. The minimum absolute atomic E-state index is 0.0225. The molecule has 4 nitrogen and oxygen atoms in total. The van der Waals surface area contributed by atoms with E-state index < -0.39 is 0 Å². The summed E-state index contributed by atoms with van der Waals surface area (Å²) in [7, 11) is 1.67. The van der Waals surface area contributed by atoms with Gasteiger partial charge in [-0.05, 0) is 42.7 Å². The van der Waals surface area contributed by atoms with Crippen LogP contribution in [0.15, 0.2) is 54.6 Å². The summed E-state index contributed by atoms with van der Waals surface area (Å²) in [5.41, 5.74) is 1.30. The van der Waals surface area contributed by atoms with E-state index in [9.17, 15) is 4.79 Å². The third-order valence-corrected chi connectivity index (χ3v) is 5.00. The molecule has 0 saturated heterocycles. The van der Waals surface area contributed by atoms with Crippen molar-refractivity contribution in [3.05, 3.63) is 60.2 Å². The minimum atomic E-state index is -0.0800. The third kappa shape index (κ3) is 4.32. The molecule has 1 aliphatic carbocycles. The van der Waals surface area contributed by atoms with E-state index in [0.717, 1.165) is 18.6 Å². The molecule has 0 aliphatic heterocycles. The van der Waals surface area contributed by atoms with Crippen molar-refractivity contribution < 1.29 is 14.3 Å². The van der Waals surface area contributed by atoms with Gasteiger partial charge in [0.1, 0.15) is 11.5 Å². The summed E-state index contributed by atoms with van der Waals surface area (Å²) in [4.78, 5) is 12.2. The van der Waals surface area contributed by atoms with Gasteiger partial charge in [-0.15, -0.1) is 0 Å². The van der Waals surface area contributed by atoms with Crippen LogP contribution in [-0.4, -0.2) is 26.2 Å². The van der Waals surface area contributed by atoms with Gasteiger partial charge in [-0.3, -0.25) is 4.79 Å². The molecular weight excluding hydrogens is 314 g/mol. The smallest absolute Gasteiger partial charge is 0.257 e. The number of ether oxygens (including phenoxy) is 2. The van der Waals surface area contributed by atoms with Gasteiger partial charge in [0.2, 0.25) is 0 Å². The van der Waals surface area contributed by atoms with Gasteiger partial charge in [-0.25, -0.2) is 0 Å². The zero-order valence-corrected chi connectivity index (χ0v) is 14.7. The molecular formula is C21H25NO3. The normalized spacial score (nSPS) is 15.6. The zero-order valence-electron chi connectivity index (χ0n) is 14.7. The fourth-order valence-electron chi connectivity index (χ4n) is 3.55. The number of hydrogen-bond donors (Lipinski definition) is 1. The van der Waals surface area contributed by atoms with Crippen LogP contribution in [0.2, 0.25) is 0 Å². The number of carbonyl (C=O) groups excluding carboxylic acids is 1. The summed E-state index contributed by atoms with van der Waals surface area (Å²) in [6.07, 6.45) is 4.59. The Morgan fingerprint density at radius 2 is 1.68 bits per heavy atom. The van der Waals surface area contributed by atoms with Crippen LogP contribution in [0.4, 0.5) is 0 Å². The molecule has 0 unspecified atom stereocenters. The summed E-state index contributed by atoms with van der Waals surface area (Å²) in [5.74, 6) is 1.49. The number of benzene rings is 2. The Morgan fingerprint density at radius 1 is 1.00 bits per heavy atom. The molecule has 2 aromatic carbocycles. The van der Waals surface area contributed by atoms with Gasteiger partial charge in [-0.1, -0.05) is 43.2 Å². The minimum Gasteiger partial charge on any atom is -0.497 e. The number of carbonyl (C=O) groups is 1. The quantitative estimate of drug-likeness (QED) is 0.837. The van der Waals surface area contributed by atoms with Crippen LogP contribution in [0.1, 0.15) is 31.2 Å². The molecule has 4 heteroatoms. The Kier molecular flexibility index (Phi) is 5.59. The lowest BCUT2D eigenvalue weighted by Gasteiger charge is -2.30. The average Bonchev–Trinajstić information content (AvgIpc) is 3.16. The Balaban J connectivity index is 1.59. The molecule has 0 radical (unpaired) electrons. The number of hydrogen-bond acceptors (Lipinski definition) is 3. The highest BCUT2D eigenvalue weighted by Crippen LogP contribution is 2.41. The van der Waals surface area contributed by atoms with E-state index in [0.29, 0.717) is 12.3 Å². The van der Waals surface area contributed by atoms with Crippen LogP contribution < -0.4 is 14.8 Å². The molecule has 25 heavy (non-hydrogen) atoms. The van der Waals surface area contributed by atoms with Gasteiger partial charge in [0.05, 0.1) is 7.11 Å². The molecule has 0 spiro atoms. The molecule has 0 aromatic heterocycles. The summed E-state index contributed by atoms with van der Waals surface area (Å²) in [6.45, 7) is 0.693. The molecule has 2 aromatic rings. The van der Waals surface area contributed by atoms with E-state index in [1.54, 1.807) is 7.11 Å². The van der Waals surface area contributed by atoms with Gasteiger partial charge in [-0.2, -0.15) is 0 Å². The van der Waals surface area contributed by atoms with Crippen molar-refractivity contribution >= 4 is 5.91 Å². The SMILES string of the molecule is COc1ccc(C2(CNC(=O)COc3ccccc3)CCCC2)cc1. The summed E-state index contributed by atoms with van der Waals surface area (Å²) >= 11 is 0. The lowest BCUT2D eigenvalue weighted by Crippen LogP contribution is -2.40. The van der Waals surface area contributed by atoms with Crippen molar-refractivity contribution in [1.29, 1.82) is 0 Å². The highest BCUT2D eigenvalue weighted by Gasteiger charge is 2.35. The Hall–Kier alpha value is -2.49. The van der Waals surface area contributed by atoms with Crippen LogP contribution in [0.5, 0.6) is 11.5 Å². The highest BCUT2D eigenvalue weighted by atomic mass is 16.5. The highest BCUT2D eigenvalue weighted by molar-refractivity contribution is 5.77. The third-order valence-electron chi connectivity index (χ3n) is 5.00. The summed E-state index contributed by atoms with van der Waals surface area (Å²) in [5, 5.41) is 3.07. The van der Waals surface area contributed by atoms with Gasteiger partial charge in [0, 0.05) is 12.0 Å². The molecule has 0 heterocycles. The first-order chi connectivity index (χ1) is 12.2. The summed E-state index contributed by atoms with van der Waals surface area (Å²) in [6, 6.07) is 17.6. The van der Waals surface area contributed by atoms with Crippen molar-refractivity contribution in [3.8, 4) is 11.5 Å². The van der Waals surface area contributed by atoms with Crippen LogP contribution in [0.25, 0.3) is 0 Å². The molecule has 0 bridgehead atoms. The number of para-hydroxylation sites is 1. The second-order valence-electron chi connectivity index (χ2n) is 6.59. The topological polar surface area (TPSA) is 47.6 Å². The van der Waals surface area contributed by atoms with Crippen molar-refractivity contribution in [2.75, 3.05) is 20.3 Å². The van der Waals surface area contributed by atoms with Gasteiger partial charge in [0.25, 0.3) is 5.91 Å². The van der Waals surface area contributed by atoms with E-state index in [4.69, 9.17) is 9.47 Å². The maximum atomic E-state index is 12.2. The number of rotatable bonds is 7. The van der Waals surface area contributed by atoms with Crippen molar-refractivity contribution in [2.45, 2.75) is 31.1 Å². The van der Waals surface area contributed by atoms with Gasteiger partial charge < -0.3 is 14.8 Å². The lowest BCUT2D eigenvalue weighted by molar-refractivity contribution is -0.123. The Morgan fingerprint density at radius 3 is 2.32 bits per heavy atom. The Bertz CT molecular complexity index is 676. The number of nitrogens with one attached hydrogen (secondary N) is 1. The molecule has 1 fully saturated rings. The van der Waals surface area contributed by atoms with E-state index >= 15 is 0 Å². The second-order valence-corrected chi connectivity index (χ2v) is 6.59. The van der Waals surface area contributed by atoms with Crippen molar-refractivity contribution in [2.24, 2.45) is 0 Å². The first-order valence-corrected chi connectivity index (χ1v) is 8.81. The average molecular weight is 339 g/mol. The molecule has 1 saturated carbocycles. The van der Waals surface area contributed by atoms with Crippen molar-refractivity contribution in [3.63, 3.8) is 0 Å². The van der Waals surface area contributed by atoms with E-state index in [1.165, 1.54) is 18.4 Å². The molecule has 3 rings (SSSR count). The fourth-order valence-corrected chi connectivity index (χ4v) is 3.55. The first-order valence-electron chi connectivity index (χ1n) is 8.81. The fraction of sp³-hybridized carbons (Fsp3) is 0.381. The maximum Gasteiger partial charge on any atom is 0.257 e. The number of amides is 1. The van der Waals surface area contributed by atoms with Crippen molar-refractivity contribution in [1.82, 2.24) is 5.32 Å². The molecule has 1 N–H and O–H groups in total. The molecule has 0 atom stereocenters. The summed E-state index contributed by atoms with van der Waals surface area (Å²) < 4.78 is 10.8. The van der Waals surface area contributed by atoms with Crippen LogP contribution in [0, 0.1) is 0 Å². The van der Waals surface area contributed by atoms with Crippen LogP contribution >= 0.6 is 0 Å². The molecule has 1 aliphatic rings. The van der Waals surface area contributed by atoms with E-state index in [-0.39, 0.29) is 17.9 Å². The first kappa shape index (κ1) is 17.3. The second kappa shape index (κ2) is 8.06. The zero-order chi connectivity index (χ0) is 17.5. The Labute approximate surface area is 149 Å². The molecule has 132 valence electrons. The molecule has 1 amide bonds. The standard InChI is InChI=1S/C21H25NO3/c1-24-18-11-9-17(10-12-18)21(13-5-6-14-21)16-22-20(23)15-25-19-7-3-2-4-8-19/h2-4,7-12H,5-6,13-16H2,1H3,(H,22,23). The largest absolute Gasteiger partial charge is 0.497 e. The van der Waals surface area contributed by atoms with E-state index in [2.05, 4.69) is 17.4 Å². The maximum absolute atomic E-state index is 12.2. The number of methoxy groups -OCH3 is 1. The predicted molar refractivity (Wildman–Crippen MR) is 98.1 cm³/mol. The van der Waals surface area contributed by atoms with Gasteiger partial charge in [0.15, 0.2) is 6.61 Å². The predicted octanol–water partition coefficient (Wildman–Crippen LogP) is 3.70. The van der Waals surface area contributed by atoms with E-state index in [1.807, 2.05) is 42.5 Å². The van der Waals surface area contributed by atoms with Gasteiger partial charge >= 0.3 is 0 Å². The van der Waals surface area contributed by atoms with Crippen LogP contribution in [-0.2, 0) is 10.2 Å². The van der Waals surface area contributed by atoms with Crippen LogP contribution in [0.3, 0.4) is 0 Å².